The first-order valence-corrected chi connectivity index (χ1v) is 10.8. The van der Waals surface area contributed by atoms with Crippen LogP contribution in [-0.4, -0.2) is 15.7 Å². The fourth-order valence-electron chi connectivity index (χ4n) is 3.65. The van der Waals surface area contributed by atoms with Crippen molar-refractivity contribution in [1.82, 2.24) is 9.78 Å². The summed E-state index contributed by atoms with van der Waals surface area (Å²) < 4.78 is 8.27. The lowest BCUT2D eigenvalue weighted by Gasteiger charge is -2.14. The molecule has 0 aliphatic rings. The maximum atomic E-state index is 12.6. The molecule has 32 heavy (non-hydrogen) atoms. The zero-order chi connectivity index (χ0) is 22.5. The average molecular weight is 426 g/mol. The molecule has 162 valence electrons. The SMILES string of the molecule is Cc1ccccc1Oc1c(CCC(=O)Nc2ccccc2)c(C)nn1-c1ccccc1C. The van der Waals surface area contributed by atoms with Crippen molar-refractivity contribution in [1.29, 1.82) is 0 Å². The van der Waals surface area contributed by atoms with Gasteiger partial charge < -0.3 is 10.1 Å². The molecule has 0 aliphatic heterocycles. The van der Waals surface area contributed by atoms with E-state index < -0.39 is 0 Å². The Balaban J connectivity index is 1.66. The molecule has 5 heteroatoms. The van der Waals surface area contributed by atoms with Gasteiger partial charge in [-0.15, -0.1) is 0 Å². The van der Waals surface area contributed by atoms with E-state index >= 15 is 0 Å². The van der Waals surface area contributed by atoms with Gasteiger partial charge in [0.05, 0.1) is 11.4 Å². The molecule has 0 saturated heterocycles. The number of hydrogen-bond donors (Lipinski definition) is 1. The van der Waals surface area contributed by atoms with Crippen molar-refractivity contribution < 1.29 is 9.53 Å². The summed E-state index contributed by atoms with van der Waals surface area (Å²) >= 11 is 0. The van der Waals surface area contributed by atoms with Gasteiger partial charge in [0.1, 0.15) is 5.75 Å². The van der Waals surface area contributed by atoms with Crippen LogP contribution in [-0.2, 0) is 11.2 Å². The van der Waals surface area contributed by atoms with Crippen LogP contribution in [0.1, 0.15) is 28.8 Å². The number of aryl methyl sites for hydroxylation is 3. The lowest BCUT2D eigenvalue weighted by molar-refractivity contribution is -0.116. The van der Waals surface area contributed by atoms with Gasteiger partial charge in [0.25, 0.3) is 0 Å². The maximum Gasteiger partial charge on any atom is 0.226 e. The Morgan fingerprint density at radius 2 is 1.53 bits per heavy atom. The zero-order valence-electron chi connectivity index (χ0n) is 18.6. The van der Waals surface area contributed by atoms with E-state index in [9.17, 15) is 4.79 Å². The fraction of sp³-hybridized carbons (Fsp3) is 0.185. The summed E-state index contributed by atoms with van der Waals surface area (Å²) in [7, 11) is 0. The van der Waals surface area contributed by atoms with Gasteiger partial charge in [-0.3, -0.25) is 4.79 Å². The average Bonchev–Trinajstić information content (AvgIpc) is 3.09. The van der Waals surface area contributed by atoms with Crippen molar-refractivity contribution in [3.8, 4) is 17.3 Å². The Bertz CT molecular complexity index is 1230. The molecule has 4 aromatic rings. The van der Waals surface area contributed by atoms with E-state index in [1.165, 1.54) is 0 Å². The quantitative estimate of drug-likeness (QED) is 0.386. The number of hydrogen-bond acceptors (Lipinski definition) is 3. The number of aromatic nitrogens is 2. The Morgan fingerprint density at radius 1 is 0.875 bits per heavy atom. The molecule has 0 bridgehead atoms. The molecule has 3 aromatic carbocycles. The van der Waals surface area contributed by atoms with E-state index in [0.717, 1.165) is 39.5 Å². The highest BCUT2D eigenvalue weighted by Gasteiger charge is 2.21. The third-order valence-electron chi connectivity index (χ3n) is 5.44. The first-order valence-electron chi connectivity index (χ1n) is 10.8. The molecular weight excluding hydrogens is 398 g/mol. The van der Waals surface area contributed by atoms with Crippen LogP contribution in [0.2, 0.25) is 0 Å². The van der Waals surface area contributed by atoms with E-state index in [1.54, 1.807) is 0 Å². The molecule has 0 spiro atoms. The number of rotatable bonds is 7. The van der Waals surface area contributed by atoms with Crippen molar-refractivity contribution >= 4 is 11.6 Å². The van der Waals surface area contributed by atoms with Crippen LogP contribution >= 0.6 is 0 Å². The van der Waals surface area contributed by atoms with Crippen molar-refractivity contribution in [2.45, 2.75) is 33.6 Å². The third kappa shape index (κ3) is 4.72. The summed E-state index contributed by atoms with van der Waals surface area (Å²) in [6, 6.07) is 25.5. The Labute approximate surface area is 188 Å². The second-order valence-corrected chi connectivity index (χ2v) is 7.85. The smallest absolute Gasteiger partial charge is 0.226 e. The minimum atomic E-state index is -0.0407. The van der Waals surface area contributed by atoms with E-state index in [2.05, 4.69) is 18.3 Å². The molecule has 4 rings (SSSR count). The van der Waals surface area contributed by atoms with Gasteiger partial charge in [0, 0.05) is 17.7 Å². The lowest BCUT2D eigenvalue weighted by atomic mass is 10.1. The van der Waals surface area contributed by atoms with Crippen molar-refractivity contribution in [2.75, 3.05) is 5.32 Å². The van der Waals surface area contributed by atoms with Gasteiger partial charge in [0.2, 0.25) is 11.8 Å². The van der Waals surface area contributed by atoms with E-state index in [4.69, 9.17) is 9.84 Å². The number of nitrogens with one attached hydrogen (secondary N) is 1. The zero-order valence-corrected chi connectivity index (χ0v) is 18.6. The van der Waals surface area contributed by atoms with Crippen LogP contribution in [0, 0.1) is 20.8 Å². The summed E-state index contributed by atoms with van der Waals surface area (Å²) in [5.74, 6) is 1.39. The van der Waals surface area contributed by atoms with Gasteiger partial charge in [0.15, 0.2) is 0 Å². The number of carbonyl (C=O) groups is 1. The molecule has 1 aromatic heterocycles. The van der Waals surface area contributed by atoms with Crippen molar-refractivity contribution in [2.24, 2.45) is 0 Å². The predicted octanol–water partition coefficient (Wildman–Crippen LogP) is 6.16. The number of ether oxygens (including phenoxy) is 1. The second kappa shape index (κ2) is 9.52. The highest BCUT2D eigenvalue weighted by atomic mass is 16.5. The second-order valence-electron chi connectivity index (χ2n) is 7.85. The molecular formula is C27H27N3O2. The number of nitrogens with zero attached hydrogens (tertiary/aromatic N) is 2. The molecule has 0 radical (unpaired) electrons. The Kier molecular flexibility index (Phi) is 6.36. The molecule has 1 amide bonds. The Hall–Kier alpha value is -3.86. The summed E-state index contributed by atoms with van der Waals surface area (Å²) in [4.78, 5) is 12.6. The number of carbonyl (C=O) groups excluding carboxylic acids is 1. The standard InChI is InChI=1S/C27H27N3O2/c1-19-11-7-9-15-24(19)30-27(32-25-16-10-8-12-20(25)2)23(21(3)29-30)17-18-26(31)28-22-13-5-4-6-14-22/h4-16H,17-18H2,1-3H3,(H,28,31). The van der Waals surface area contributed by atoms with E-state index in [0.29, 0.717) is 18.7 Å². The molecule has 0 saturated carbocycles. The number of benzene rings is 3. The number of anilines is 1. The van der Waals surface area contributed by atoms with Gasteiger partial charge in [-0.25, -0.2) is 0 Å². The maximum absolute atomic E-state index is 12.6. The minimum absolute atomic E-state index is 0.0407. The lowest BCUT2D eigenvalue weighted by Crippen LogP contribution is -2.12. The van der Waals surface area contributed by atoms with Crippen LogP contribution in [0.3, 0.4) is 0 Å². The summed E-state index contributed by atoms with van der Waals surface area (Å²) in [6.45, 7) is 6.03. The van der Waals surface area contributed by atoms with Gasteiger partial charge in [-0.1, -0.05) is 54.6 Å². The Morgan fingerprint density at radius 3 is 2.25 bits per heavy atom. The largest absolute Gasteiger partial charge is 0.438 e. The highest BCUT2D eigenvalue weighted by molar-refractivity contribution is 5.90. The summed E-state index contributed by atoms with van der Waals surface area (Å²) in [5, 5.41) is 7.74. The predicted molar refractivity (Wildman–Crippen MR) is 128 cm³/mol. The van der Waals surface area contributed by atoms with Gasteiger partial charge >= 0.3 is 0 Å². The molecule has 0 unspecified atom stereocenters. The minimum Gasteiger partial charge on any atom is -0.438 e. The van der Waals surface area contributed by atoms with Crippen LogP contribution < -0.4 is 10.1 Å². The topological polar surface area (TPSA) is 56.1 Å². The molecule has 5 nitrogen and oxygen atoms in total. The molecule has 0 aliphatic carbocycles. The highest BCUT2D eigenvalue weighted by Crippen LogP contribution is 2.33. The normalized spacial score (nSPS) is 10.7. The van der Waals surface area contributed by atoms with Crippen molar-refractivity contribution in [3.05, 3.63) is 101 Å². The van der Waals surface area contributed by atoms with Gasteiger partial charge in [-0.2, -0.15) is 9.78 Å². The number of amides is 1. The van der Waals surface area contributed by atoms with E-state index in [-0.39, 0.29) is 5.91 Å². The van der Waals surface area contributed by atoms with Gasteiger partial charge in [-0.05, 0) is 62.6 Å². The van der Waals surface area contributed by atoms with Crippen LogP contribution in [0.25, 0.3) is 5.69 Å². The molecule has 1 N–H and O–H groups in total. The van der Waals surface area contributed by atoms with Crippen molar-refractivity contribution in [3.63, 3.8) is 0 Å². The first-order chi connectivity index (χ1) is 15.5. The molecule has 0 atom stereocenters. The van der Waals surface area contributed by atoms with E-state index in [1.807, 2.05) is 91.3 Å². The third-order valence-corrected chi connectivity index (χ3v) is 5.44. The molecule has 0 fully saturated rings. The monoisotopic (exact) mass is 425 g/mol. The van der Waals surface area contributed by atoms with Crippen LogP contribution in [0.5, 0.6) is 11.6 Å². The number of para-hydroxylation sites is 3. The fourth-order valence-corrected chi connectivity index (χ4v) is 3.65. The summed E-state index contributed by atoms with van der Waals surface area (Å²) in [6.07, 6.45) is 0.858. The first kappa shape index (κ1) is 21.4. The van der Waals surface area contributed by atoms with Crippen LogP contribution in [0.4, 0.5) is 5.69 Å². The van der Waals surface area contributed by atoms with Crippen LogP contribution in [0.15, 0.2) is 78.9 Å². The summed E-state index contributed by atoms with van der Waals surface area (Å²) in [5.41, 5.74) is 5.66. The molecule has 1 heterocycles.